The quantitative estimate of drug-likeness (QED) is 0.228. The van der Waals surface area contributed by atoms with E-state index in [0.717, 1.165) is 0 Å². The molecule has 0 aliphatic heterocycles. The molecule has 0 aliphatic carbocycles. The first-order chi connectivity index (χ1) is 11.6. The molecule has 0 saturated heterocycles. The molecule has 0 aromatic heterocycles. The third-order valence-corrected chi connectivity index (χ3v) is 2.74. The second-order valence-electron chi connectivity index (χ2n) is 4.45. The fraction of sp³-hybridized carbons (Fsp3) is 0.533. The van der Waals surface area contributed by atoms with Crippen LogP contribution in [-0.2, 0) is 23.7 Å². The van der Waals surface area contributed by atoms with Gasteiger partial charge in [0, 0.05) is 12.1 Å². The molecule has 0 amide bonds. The van der Waals surface area contributed by atoms with Crippen LogP contribution in [0.4, 0.5) is 5.69 Å². The Labute approximate surface area is 139 Å². The molecule has 0 saturated carbocycles. The van der Waals surface area contributed by atoms with Crippen LogP contribution in [0.1, 0.15) is 0 Å². The van der Waals surface area contributed by atoms with Crippen LogP contribution in [0.5, 0.6) is 5.75 Å². The van der Waals surface area contributed by atoms with Crippen molar-refractivity contribution in [1.82, 2.24) is 0 Å². The Bertz CT molecular complexity index is 491. The summed E-state index contributed by atoms with van der Waals surface area (Å²) < 4.78 is 25.3. The molecule has 9 nitrogen and oxygen atoms in total. The topological polar surface area (TPSA) is 106 Å². The summed E-state index contributed by atoms with van der Waals surface area (Å²) in [5, 5.41) is 10.5. The summed E-state index contributed by atoms with van der Waals surface area (Å²) in [4.78, 5) is 20.8. The monoisotopic (exact) mass is 343 g/mol. The summed E-state index contributed by atoms with van der Waals surface area (Å²) in [5.41, 5.74) is 0.0197. The Balaban J connectivity index is 1.92. The zero-order valence-electron chi connectivity index (χ0n) is 13.5. The van der Waals surface area contributed by atoms with Crippen LogP contribution >= 0.6 is 0 Å². The van der Waals surface area contributed by atoms with Crippen molar-refractivity contribution in [3.05, 3.63) is 34.4 Å². The predicted octanol–water partition coefficient (Wildman–Crippen LogP) is 1.20. The first-order valence-electron chi connectivity index (χ1n) is 7.31. The molecule has 134 valence electrons. The Morgan fingerprint density at radius 1 is 0.958 bits per heavy atom. The van der Waals surface area contributed by atoms with E-state index in [9.17, 15) is 14.9 Å². The van der Waals surface area contributed by atoms with Gasteiger partial charge in [-0.2, -0.15) is 0 Å². The van der Waals surface area contributed by atoms with E-state index in [1.807, 2.05) is 0 Å². The van der Waals surface area contributed by atoms with Crippen molar-refractivity contribution in [3.8, 4) is 5.75 Å². The Kier molecular flexibility index (Phi) is 10.1. The lowest BCUT2D eigenvalue weighted by molar-refractivity contribution is -0.384. The van der Waals surface area contributed by atoms with Gasteiger partial charge in [0.15, 0.2) is 0 Å². The molecule has 0 aliphatic rings. The lowest BCUT2D eigenvalue weighted by Gasteiger charge is -2.08. The lowest BCUT2D eigenvalue weighted by Crippen LogP contribution is -2.15. The Morgan fingerprint density at radius 2 is 1.50 bits per heavy atom. The van der Waals surface area contributed by atoms with Crippen LogP contribution < -0.4 is 4.74 Å². The van der Waals surface area contributed by atoms with Crippen molar-refractivity contribution >= 4 is 11.7 Å². The molecule has 0 spiro atoms. The number of rotatable bonds is 13. The summed E-state index contributed by atoms with van der Waals surface area (Å²) >= 11 is 0. The largest absolute Gasteiger partial charge is 0.491 e. The average molecular weight is 343 g/mol. The molecule has 0 heterocycles. The van der Waals surface area contributed by atoms with E-state index in [2.05, 4.69) is 4.74 Å². The minimum Gasteiger partial charge on any atom is -0.491 e. The molecule has 0 bridgehead atoms. The molecule has 0 atom stereocenters. The highest BCUT2D eigenvalue weighted by Crippen LogP contribution is 2.16. The molecular weight excluding hydrogens is 322 g/mol. The Hall–Kier alpha value is -2.23. The number of nitrogens with zero attached hydrogens (tertiary/aromatic N) is 1. The summed E-state index contributed by atoms with van der Waals surface area (Å²) in [6.07, 6.45) is 0. The standard InChI is InChI=1S/C15H21NO8/c1-20-15(17)12-23-9-8-21-6-7-22-10-11-24-14-4-2-13(3-5-14)16(18)19/h2-5H,6-12H2,1H3. The van der Waals surface area contributed by atoms with Crippen LogP contribution in [0.15, 0.2) is 24.3 Å². The summed E-state index contributed by atoms with van der Waals surface area (Å²) in [6.45, 7) is 2.09. The summed E-state index contributed by atoms with van der Waals surface area (Å²) in [7, 11) is 1.30. The number of hydrogen-bond donors (Lipinski definition) is 0. The van der Waals surface area contributed by atoms with E-state index in [4.69, 9.17) is 18.9 Å². The molecule has 24 heavy (non-hydrogen) atoms. The zero-order valence-corrected chi connectivity index (χ0v) is 13.5. The number of ether oxygens (including phenoxy) is 5. The lowest BCUT2D eigenvalue weighted by atomic mass is 10.3. The molecular formula is C15H21NO8. The van der Waals surface area contributed by atoms with Crippen LogP contribution in [0, 0.1) is 10.1 Å². The molecule has 9 heteroatoms. The second kappa shape index (κ2) is 12.2. The van der Waals surface area contributed by atoms with Crippen LogP contribution in [0.2, 0.25) is 0 Å². The van der Waals surface area contributed by atoms with Crippen molar-refractivity contribution < 1.29 is 33.4 Å². The minimum absolute atomic E-state index is 0.0197. The van der Waals surface area contributed by atoms with Gasteiger partial charge in [-0.15, -0.1) is 0 Å². The first kappa shape index (κ1) is 19.8. The van der Waals surface area contributed by atoms with Crippen molar-refractivity contribution in [2.45, 2.75) is 0 Å². The van der Waals surface area contributed by atoms with Crippen LogP contribution in [0.25, 0.3) is 0 Å². The average Bonchev–Trinajstić information content (AvgIpc) is 2.59. The molecule has 0 N–H and O–H groups in total. The van der Waals surface area contributed by atoms with Gasteiger partial charge in [-0.05, 0) is 12.1 Å². The zero-order chi connectivity index (χ0) is 17.6. The van der Waals surface area contributed by atoms with Gasteiger partial charge in [0.05, 0.1) is 45.1 Å². The fourth-order valence-corrected chi connectivity index (χ4v) is 1.54. The van der Waals surface area contributed by atoms with Gasteiger partial charge in [0.25, 0.3) is 5.69 Å². The molecule has 1 rings (SSSR count). The first-order valence-corrected chi connectivity index (χ1v) is 7.31. The molecule has 0 unspecified atom stereocenters. The highest BCUT2D eigenvalue weighted by atomic mass is 16.6. The number of methoxy groups -OCH3 is 1. The van der Waals surface area contributed by atoms with Gasteiger partial charge >= 0.3 is 5.97 Å². The summed E-state index contributed by atoms with van der Waals surface area (Å²) in [6, 6.07) is 5.84. The van der Waals surface area contributed by atoms with Gasteiger partial charge in [-0.3, -0.25) is 10.1 Å². The summed E-state index contributed by atoms with van der Waals surface area (Å²) in [5.74, 6) is 0.120. The smallest absolute Gasteiger partial charge is 0.331 e. The van der Waals surface area contributed by atoms with Gasteiger partial charge in [0.2, 0.25) is 0 Å². The number of benzene rings is 1. The van der Waals surface area contributed by atoms with Crippen molar-refractivity contribution in [2.24, 2.45) is 0 Å². The van der Waals surface area contributed by atoms with E-state index >= 15 is 0 Å². The van der Waals surface area contributed by atoms with E-state index in [1.54, 1.807) is 0 Å². The Morgan fingerprint density at radius 3 is 2.04 bits per heavy atom. The number of carbonyl (C=O) groups is 1. The number of carbonyl (C=O) groups excluding carboxylic acids is 1. The highest BCUT2D eigenvalue weighted by molar-refractivity contribution is 5.70. The van der Waals surface area contributed by atoms with Gasteiger partial charge in [-0.25, -0.2) is 4.79 Å². The third-order valence-electron chi connectivity index (χ3n) is 2.74. The maximum atomic E-state index is 10.7. The minimum atomic E-state index is -0.465. The number of non-ortho nitro benzene ring substituents is 1. The molecule has 0 radical (unpaired) electrons. The maximum Gasteiger partial charge on any atom is 0.331 e. The highest BCUT2D eigenvalue weighted by Gasteiger charge is 2.04. The van der Waals surface area contributed by atoms with E-state index in [0.29, 0.717) is 45.4 Å². The van der Waals surface area contributed by atoms with Crippen LogP contribution in [0.3, 0.4) is 0 Å². The SMILES string of the molecule is COC(=O)COCCOCCOCCOc1ccc([N+](=O)[O-])cc1. The maximum absolute atomic E-state index is 10.7. The van der Waals surface area contributed by atoms with E-state index in [-0.39, 0.29) is 12.3 Å². The van der Waals surface area contributed by atoms with Crippen LogP contribution in [-0.4, -0.2) is 64.3 Å². The number of nitro groups is 1. The van der Waals surface area contributed by atoms with Crippen molar-refractivity contribution in [2.75, 3.05) is 53.4 Å². The van der Waals surface area contributed by atoms with Crippen molar-refractivity contribution in [3.63, 3.8) is 0 Å². The third kappa shape index (κ3) is 9.03. The van der Waals surface area contributed by atoms with Gasteiger partial charge in [0.1, 0.15) is 19.0 Å². The normalized spacial score (nSPS) is 10.4. The van der Waals surface area contributed by atoms with Crippen molar-refractivity contribution in [1.29, 1.82) is 0 Å². The van der Waals surface area contributed by atoms with Gasteiger partial charge < -0.3 is 23.7 Å². The molecule has 0 fully saturated rings. The molecule has 1 aromatic carbocycles. The molecule has 1 aromatic rings. The van der Waals surface area contributed by atoms with Gasteiger partial charge in [-0.1, -0.05) is 0 Å². The van der Waals surface area contributed by atoms with E-state index < -0.39 is 10.9 Å². The predicted molar refractivity (Wildman–Crippen MR) is 83.1 cm³/mol. The number of esters is 1. The second-order valence-corrected chi connectivity index (χ2v) is 4.45. The number of nitro benzene ring substituents is 1. The fourth-order valence-electron chi connectivity index (χ4n) is 1.54. The number of hydrogen-bond acceptors (Lipinski definition) is 8. The van der Waals surface area contributed by atoms with E-state index in [1.165, 1.54) is 31.4 Å².